The number of hydrogen-bond donors (Lipinski definition) is 2. The van der Waals surface area contributed by atoms with Crippen molar-refractivity contribution >= 4 is 39.0 Å². The van der Waals surface area contributed by atoms with Gasteiger partial charge in [-0.25, -0.2) is 4.98 Å². The van der Waals surface area contributed by atoms with E-state index in [2.05, 4.69) is 80.6 Å². The number of nitrogens with zero attached hydrogens (tertiary/aromatic N) is 4. The Balaban J connectivity index is 1.48. The van der Waals surface area contributed by atoms with Crippen molar-refractivity contribution in [3.8, 4) is 33.0 Å². The minimum absolute atomic E-state index is 0.693. The van der Waals surface area contributed by atoms with E-state index in [0.717, 1.165) is 39.1 Å². The van der Waals surface area contributed by atoms with Crippen LogP contribution in [0.4, 0.5) is 5.69 Å². The first-order valence-corrected chi connectivity index (χ1v) is 11.5. The Bertz CT molecular complexity index is 1620. The maximum absolute atomic E-state index is 4.60. The van der Waals surface area contributed by atoms with Crippen LogP contribution in [0.25, 0.3) is 54.9 Å². The molecule has 6 rings (SSSR count). The summed E-state index contributed by atoms with van der Waals surface area (Å²) in [5.41, 5.74) is 8.03. The zero-order chi connectivity index (χ0) is 22.5. The topological polar surface area (TPSA) is 73.5 Å². The SMILES string of the molecule is Cc1ccc(-c2cccc3[nH]c(-c4[nH]nc5ncc(-c6cncc(N(C)C)c6)cc45)cc23)s1. The van der Waals surface area contributed by atoms with Gasteiger partial charge < -0.3 is 9.88 Å². The molecule has 2 N–H and O–H groups in total. The van der Waals surface area contributed by atoms with Gasteiger partial charge in [-0.2, -0.15) is 5.10 Å². The van der Waals surface area contributed by atoms with Crippen LogP contribution in [0.15, 0.2) is 67.1 Å². The number of pyridine rings is 2. The Hall–Kier alpha value is -3.97. The quantitative estimate of drug-likeness (QED) is 0.332. The fourth-order valence-corrected chi connectivity index (χ4v) is 5.08. The molecule has 0 saturated carbocycles. The number of benzene rings is 1. The van der Waals surface area contributed by atoms with Crippen molar-refractivity contribution in [1.82, 2.24) is 25.1 Å². The van der Waals surface area contributed by atoms with Gasteiger partial charge >= 0.3 is 0 Å². The summed E-state index contributed by atoms with van der Waals surface area (Å²) >= 11 is 1.81. The minimum atomic E-state index is 0.693. The van der Waals surface area contributed by atoms with Crippen LogP contribution in [0.3, 0.4) is 0 Å². The molecule has 162 valence electrons. The maximum Gasteiger partial charge on any atom is 0.181 e. The van der Waals surface area contributed by atoms with Crippen LogP contribution in [0, 0.1) is 6.92 Å². The number of hydrogen-bond acceptors (Lipinski definition) is 5. The van der Waals surface area contributed by atoms with E-state index in [1.54, 1.807) is 0 Å². The lowest BCUT2D eigenvalue weighted by atomic mass is 10.1. The number of nitrogens with one attached hydrogen (secondary N) is 2. The molecule has 0 amide bonds. The average molecular weight is 451 g/mol. The molecule has 7 heteroatoms. The highest BCUT2D eigenvalue weighted by molar-refractivity contribution is 7.15. The summed E-state index contributed by atoms with van der Waals surface area (Å²) < 4.78 is 0. The molecular weight excluding hydrogens is 428 g/mol. The van der Waals surface area contributed by atoms with E-state index in [1.807, 2.05) is 48.9 Å². The first-order chi connectivity index (χ1) is 16.1. The molecule has 5 heterocycles. The second-order valence-corrected chi connectivity index (χ2v) is 9.67. The van der Waals surface area contributed by atoms with Gasteiger partial charge in [0.15, 0.2) is 5.65 Å². The van der Waals surface area contributed by atoms with Crippen LogP contribution in [0.1, 0.15) is 4.88 Å². The molecule has 0 atom stereocenters. The number of H-pyrrole nitrogens is 2. The Morgan fingerprint density at radius 1 is 0.909 bits per heavy atom. The molecule has 0 aliphatic carbocycles. The summed E-state index contributed by atoms with van der Waals surface area (Å²) in [6.07, 6.45) is 5.58. The van der Waals surface area contributed by atoms with Crippen LogP contribution in [0.5, 0.6) is 0 Å². The first kappa shape index (κ1) is 19.7. The molecule has 1 aromatic carbocycles. The number of anilines is 1. The number of aromatic nitrogens is 5. The second kappa shape index (κ2) is 7.56. The van der Waals surface area contributed by atoms with Gasteiger partial charge in [0.1, 0.15) is 0 Å². The number of rotatable bonds is 4. The summed E-state index contributed by atoms with van der Waals surface area (Å²) in [4.78, 5) is 17.2. The molecule has 0 aliphatic heterocycles. The molecule has 0 aliphatic rings. The smallest absolute Gasteiger partial charge is 0.181 e. The predicted octanol–water partition coefficient (Wildman–Crippen LogP) is 6.27. The lowest BCUT2D eigenvalue weighted by Gasteiger charge is -2.12. The van der Waals surface area contributed by atoms with Crippen molar-refractivity contribution in [3.63, 3.8) is 0 Å². The normalized spacial score (nSPS) is 11.5. The van der Waals surface area contributed by atoms with Crippen LogP contribution in [-0.4, -0.2) is 39.2 Å². The molecule has 6 nitrogen and oxygen atoms in total. The standard InChI is InChI=1S/C26H22N6S/c1-15-7-8-24(33-15)19-5-4-6-22-20(19)11-23(29-22)25-21-10-17(13-28-26(21)31-30-25)16-9-18(32(2)3)14-27-12-16/h4-14,29H,1-3H3,(H,28,30,31). The van der Waals surface area contributed by atoms with Crippen LogP contribution >= 0.6 is 11.3 Å². The van der Waals surface area contributed by atoms with E-state index < -0.39 is 0 Å². The zero-order valence-corrected chi connectivity index (χ0v) is 19.4. The Labute approximate surface area is 195 Å². The van der Waals surface area contributed by atoms with Crippen LogP contribution < -0.4 is 4.90 Å². The van der Waals surface area contributed by atoms with E-state index in [-0.39, 0.29) is 0 Å². The highest BCUT2D eigenvalue weighted by Crippen LogP contribution is 2.37. The van der Waals surface area contributed by atoms with Crippen molar-refractivity contribution in [2.24, 2.45) is 0 Å². The van der Waals surface area contributed by atoms with Gasteiger partial charge in [-0.1, -0.05) is 12.1 Å². The highest BCUT2D eigenvalue weighted by Gasteiger charge is 2.15. The Morgan fingerprint density at radius 3 is 2.61 bits per heavy atom. The number of fused-ring (bicyclic) bond motifs is 2. The third-order valence-corrected chi connectivity index (χ3v) is 6.96. The summed E-state index contributed by atoms with van der Waals surface area (Å²) in [5, 5.41) is 9.82. The molecular formula is C26H22N6S. The van der Waals surface area contributed by atoms with Gasteiger partial charge in [-0.05, 0) is 43.3 Å². The monoisotopic (exact) mass is 450 g/mol. The van der Waals surface area contributed by atoms with Gasteiger partial charge in [0.2, 0.25) is 0 Å². The molecule has 0 fully saturated rings. The van der Waals surface area contributed by atoms with Crippen molar-refractivity contribution in [2.45, 2.75) is 6.92 Å². The summed E-state index contributed by atoms with van der Waals surface area (Å²) in [7, 11) is 4.02. The number of aryl methyl sites for hydroxylation is 1. The molecule has 5 aromatic heterocycles. The lowest BCUT2D eigenvalue weighted by Crippen LogP contribution is -2.08. The molecule has 0 spiro atoms. The zero-order valence-electron chi connectivity index (χ0n) is 18.5. The van der Waals surface area contributed by atoms with Crippen molar-refractivity contribution < 1.29 is 0 Å². The van der Waals surface area contributed by atoms with Crippen molar-refractivity contribution in [2.75, 3.05) is 19.0 Å². The maximum atomic E-state index is 4.60. The average Bonchev–Trinajstić information content (AvgIpc) is 3.55. The van der Waals surface area contributed by atoms with Gasteiger partial charge in [0.05, 0.1) is 23.3 Å². The molecule has 0 unspecified atom stereocenters. The Morgan fingerprint density at radius 2 is 1.79 bits per heavy atom. The molecule has 0 radical (unpaired) electrons. The number of thiophene rings is 1. The van der Waals surface area contributed by atoms with E-state index in [1.165, 1.54) is 20.7 Å². The van der Waals surface area contributed by atoms with E-state index in [9.17, 15) is 0 Å². The number of aromatic amines is 2. The lowest BCUT2D eigenvalue weighted by molar-refractivity contribution is 1.10. The minimum Gasteiger partial charge on any atom is -0.376 e. The summed E-state index contributed by atoms with van der Waals surface area (Å²) in [5.74, 6) is 0. The Kier molecular flexibility index (Phi) is 4.52. The third-order valence-electron chi connectivity index (χ3n) is 5.92. The van der Waals surface area contributed by atoms with Gasteiger partial charge in [0, 0.05) is 69.2 Å². The second-order valence-electron chi connectivity index (χ2n) is 8.38. The third kappa shape index (κ3) is 3.37. The van der Waals surface area contributed by atoms with E-state index >= 15 is 0 Å². The van der Waals surface area contributed by atoms with E-state index in [4.69, 9.17) is 0 Å². The fraction of sp³-hybridized carbons (Fsp3) is 0.115. The molecule has 33 heavy (non-hydrogen) atoms. The summed E-state index contributed by atoms with van der Waals surface area (Å²) in [6.45, 7) is 2.14. The first-order valence-electron chi connectivity index (χ1n) is 10.7. The van der Waals surface area contributed by atoms with Crippen LogP contribution in [-0.2, 0) is 0 Å². The summed E-state index contributed by atoms with van der Waals surface area (Å²) in [6, 6.07) is 17.2. The fourth-order valence-electron chi connectivity index (χ4n) is 4.18. The van der Waals surface area contributed by atoms with Crippen LogP contribution in [0.2, 0.25) is 0 Å². The van der Waals surface area contributed by atoms with Gasteiger partial charge in [0.25, 0.3) is 0 Å². The van der Waals surface area contributed by atoms with Crippen molar-refractivity contribution in [1.29, 1.82) is 0 Å². The molecule has 0 saturated heterocycles. The van der Waals surface area contributed by atoms with Crippen molar-refractivity contribution in [3.05, 3.63) is 72.0 Å². The highest BCUT2D eigenvalue weighted by atomic mass is 32.1. The molecule has 0 bridgehead atoms. The van der Waals surface area contributed by atoms with Gasteiger partial charge in [-0.3, -0.25) is 10.1 Å². The largest absolute Gasteiger partial charge is 0.376 e. The van der Waals surface area contributed by atoms with E-state index in [0.29, 0.717) is 5.65 Å². The predicted molar refractivity (Wildman–Crippen MR) is 137 cm³/mol. The van der Waals surface area contributed by atoms with Gasteiger partial charge in [-0.15, -0.1) is 11.3 Å². The molecule has 6 aromatic rings.